The molecule has 0 fully saturated rings. The number of nitrogens with two attached hydrogens (primary N) is 1. The van der Waals surface area contributed by atoms with Crippen LogP contribution in [0.1, 0.15) is 10.5 Å². The zero-order valence-corrected chi connectivity index (χ0v) is 10.5. The van der Waals surface area contributed by atoms with Crippen molar-refractivity contribution in [3.63, 3.8) is 0 Å². The normalized spacial score (nSPS) is 10.2. The highest BCUT2D eigenvalue weighted by Crippen LogP contribution is 2.12. The number of hydrogen-bond acceptors (Lipinski definition) is 5. The van der Waals surface area contributed by atoms with Gasteiger partial charge in [0.25, 0.3) is 5.91 Å². The van der Waals surface area contributed by atoms with E-state index in [-0.39, 0.29) is 11.6 Å². The third-order valence-corrected chi connectivity index (χ3v) is 2.45. The highest BCUT2D eigenvalue weighted by molar-refractivity contribution is 9.10. The molecule has 8 heteroatoms. The summed E-state index contributed by atoms with van der Waals surface area (Å²) < 4.78 is 1.99. The van der Waals surface area contributed by atoms with Crippen molar-refractivity contribution in [2.24, 2.45) is 7.05 Å². The molecule has 0 radical (unpaired) electrons. The smallest absolute Gasteiger partial charge is 0.277 e. The lowest BCUT2D eigenvalue weighted by Crippen LogP contribution is -2.18. The third kappa shape index (κ3) is 2.41. The van der Waals surface area contributed by atoms with Crippen molar-refractivity contribution in [1.82, 2.24) is 19.7 Å². The molecule has 7 nitrogen and oxygen atoms in total. The van der Waals surface area contributed by atoms with Gasteiger partial charge in [0, 0.05) is 7.05 Å². The predicted octanol–water partition coefficient (Wildman–Crippen LogP) is 0.807. The number of aromatic nitrogens is 4. The van der Waals surface area contributed by atoms with E-state index >= 15 is 0 Å². The van der Waals surface area contributed by atoms with Gasteiger partial charge in [-0.2, -0.15) is 5.10 Å². The van der Waals surface area contributed by atoms with Crippen LogP contribution in [0.5, 0.6) is 0 Å². The fourth-order valence-corrected chi connectivity index (χ4v) is 1.49. The van der Waals surface area contributed by atoms with E-state index in [1.807, 2.05) is 0 Å². The van der Waals surface area contributed by atoms with Gasteiger partial charge in [-0.1, -0.05) is 0 Å². The van der Waals surface area contributed by atoms with Gasteiger partial charge in [0.15, 0.2) is 5.82 Å². The van der Waals surface area contributed by atoms with Gasteiger partial charge in [-0.3, -0.25) is 9.48 Å². The Labute approximate surface area is 105 Å². The Morgan fingerprint density at radius 2 is 2.18 bits per heavy atom. The Bertz CT molecular complexity index is 530. The Kier molecular flexibility index (Phi) is 3.05. The van der Waals surface area contributed by atoms with Crippen LogP contribution in [0.25, 0.3) is 0 Å². The molecular weight excluding hydrogens is 288 g/mol. The maximum Gasteiger partial charge on any atom is 0.277 e. The molecule has 0 aliphatic carbocycles. The van der Waals surface area contributed by atoms with Crippen LogP contribution in [0.4, 0.5) is 11.5 Å². The average molecular weight is 297 g/mol. The number of rotatable bonds is 2. The van der Waals surface area contributed by atoms with Crippen molar-refractivity contribution in [3.8, 4) is 0 Å². The van der Waals surface area contributed by atoms with E-state index in [0.29, 0.717) is 16.1 Å². The van der Waals surface area contributed by atoms with Gasteiger partial charge in [0.2, 0.25) is 0 Å². The van der Waals surface area contributed by atoms with Crippen LogP contribution >= 0.6 is 15.9 Å². The molecule has 2 rings (SSSR count). The number of carbonyl (C=O) groups excluding carboxylic acids is 1. The van der Waals surface area contributed by atoms with Crippen molar-refractivity contribution >= 4 is 33.3 Å². The van der Waals surface area contributed by atoms with Crippen LogP contribution in [0.3, 0.4) is 0 Å². The molecule has 2 aromatic heterocycles. The molecule has 0 unspecified atom stereocenters. The number of anilines is 2. The van der Waals surface area contributed by atoms with E-state index in [1.165, 1.54) is 23.3 Å². The van der Waals surface area contributed by atoms with Crippen LogP contribution in [0.2, 0.25) is 0 Å². The topological polar surface area (TPSA) is 98.7 Å². The standard InChI is InChI=1S/C9H9BrN6O/c1-16-8(5(11)2-14-16)9(17)15-7-4-12-6(10)3-13-7/h2-4H,11H2,1H3,(H,13,15,17). The molecule has 0 saturated heterocycles. The number of nitrogens with one attached hydrogen (secondary N) is 1. The second-order valence-electron chi connectivity index (χ2n) is 3.25. The lowest BCUT2D eigenvalue weighted by molar-refractivity contribution is 0.101. The van der Waals surface area contributed by atoms with E-state index in [2.05, 4.69) is 36.3 Å². The number of hydrogen-bond donors (Lipinski definition) is 2. The number of amides is 1. The van der Waals surface area contributed by atoms with Crippen LogP contribution in [-0.4, -0.2) is 25.7 Å². The molecule has 0 aliphatic heterocycles. The molecule has 1 amide bonds. The minimum Gasteiger partial charge on any atom is -0.396 e. The molecule has 2 heterocycles. The van der Waals surface area contributed by atoms with Crippen LogP contribution < -0.4 is 11.1 Å². The Morgan fingerprint density at radius 3 is 2.71 bits per heavy atom. The van der Waals surface area contributed by atoms with Gasteiger partial charge in [0.1, 0.15) is 10.3 Å². The van der Waals surface area contributed by atoms with Crippen molar-refractivity contribution in [2.75, 3.05) is 11.1 Å². The first-order chi connectivity index (χ1) is 8.08. The summed E-state index contributed by atoms with van der Waals surface area (Å²) in [5.74, 6) is -0.0297. The number of carbonyl (C=O) groups is 1. The summed E-state index contributed by atoms with van der Waals surface area (Å²) in [6.07, 6.45) is 4.35. The van der Waals surface area contributed by atoms with E-state index in [9.17, 15) is 4.79 Å². The molecule has 17 heavy (non-hydrogen) atoms. The Balaban J connectivity index is 2.20. The molecule has 3 N–H and O–H groups in total. The van der Waals surface area contributed by atoms with Gasteiger partial charge in [-0.15, -0.1) is 0 Å². The van der Waals surface area contributed by atoms with E-state index in [0.717, 1.165) is 0 Å². The lowest BCUT2D eigenvalue weighted by atomic mass is 10.3. The molecule has 0 aliphatic rings. The van der Waals surface area contributed by atoms with Gasteiger partial charge in [-0.05, 0) is 15.9 Å². The van der Waals surface area contributed by atoms with Crippen LogP contribution in [0, 0.1) is 0 Å². The summed E-state index contributed by atoms with van der Waals surface area (Å²) in [6.45, 7) is 0. The minimum atomic E-state index is -0.376. The summed E-state index contributed by atoms with van der Waals surface area (Å²) in [4.78, 5) is 19.8. The summed E-state index contributed by atoms with van der Waals surface area (Å²) in [7, 11) is 1.64. The highest BCUT2D eigenvalue weighted by Gasteiger charge is 2.15. The van der Waals surface area contributed by atoms with E-state index in [4.69, 9.17) is 5.73 Å². The van der Waals surface area contributed by atoms with Crippen molar-refractivity contribution in [3.05, 3.63) is 28.9 Å². The number of nitrogen functional groups attached to an aromatic ring is 1. The van der Waals surface area contributed by atoms with Gasteiger partial charge >= 0.3 is 0 Å². The summed E-state index contributed by atoms with van der Waals surface area (Å²) in [5, 5.41) is 6.46. The van der Waals surface area contributed by atoms with E-state index < -0.39 is 0 Å². The quantitative estimate of drug-likeness (QED) is 0.854. The monoisotopic (exact) mass is 296 g/mol. The SMILES string of the molecule is Cn1ncc(N)c1C(=O)Nc1cnc(Br)cn1. The maximum absolute atomic E-state index is 11.9. The fraction of sp³-hybridized carbons (Fsp3) is 0.111. The predicted molar refractivity (Wildman–Crippen MR) is 65.3 cm³/mol. The number of aryl methyl sites for hydroxylation is 1. The first-order valence-corrected chi connectivity index (χ1v) is 5.43. The molecule has 0 bridgehead atoms. The minimum absolute atomic E-state index is 0.287. The van der Waals surface area contributed by atoms with Crippen LogP contribution in [-0.2, 0) is 7.05 Å². The second-order valence-corrected chi connectivity index (χ2v) is 4.06. The zero-order valence-electron chi connectivity index (χ0n) is 8.88. The van der Waals surface area contributed by atoms with Crippen LogP contribution in [0.15, 0.2) is 23.2 Å². The second kappa shape index (κ2) is 4.50. The fourth-order valence-electron chi connectivity index (χ4n) is 1.28. The average Bonchev–Trinajstić information content (AvgIpc) is 2.62. The Morgan fingerprint density at radius 1 is 1.41 bits per heavy atom. The van der Waals surface area contributed by atoms with Crippen molar-refractivity contribution in [2.45, 2.75) is 0 Å². The molecule has 2 aromatic rings. The molecule has 0 saturated carbocycles. The lowest BCUT2D eigenvalue weighted by Gasteiger charge is -2.04. The van der Waals surface area contributed by atoms with Gasteiger partial charge < -0.3 is 11.1 Å². The molecular formula is C9H9BrN6O. The number of halogens is 1. The zero-order chi connectivity index (χ0) is 12.4. The summed E-state index contributed by atoms with van der Waals surface area (Å²) >= 11 is 3.15. The first kappa shape index (κ1) is 11.5. The molecule has 88 valence electrons. The third-order valence-electron chi connectivity index (χ3n) is 2.04. The van der Waals surface area contributed by atoms with Crippen molar-refractivity contribution in [1.29, 1.82) is 0 Å². The molecule has 0 atom stereocenters. The van der Waals surface area contributed by atoms with Crippen molar-refractivity contribution < 1.29 is 4.79 Å². The van der Waals surface area contributed by atoms with E-state index in [1.54, 1.807) is 7.05 Å². The highest BCUT2D eigenvalue weighted by atomic mass is 79.9. The van der Waals surface area contributed by atoms with Gasteiger partial charge in [0.05, 0.1) is 24.3 Å². The Hall–Kier alpha value is -1.96. The molecule has 0 aromatic carbocycles. The summed E-state index contributed by atoms with van der Waals surface area (Å²) in [5.41, 5.74) is 6.23. The largest absolute Gasteiger partial charge is 0.396 e. The summed E-state index contributed by atoms with van der Waals surface area (Å²) in [6, 6.07) is 0. The van der Waals surface area contributed by atoms with Gasteiger partial charge in [-0.25, -0.2) is 9.97 Å². The molecule has 0 spiro atoms. The number of nitrogens with zero attached hydrogens (tertiary/aromatic N) is 4. The first-order valence-electron chi connectivity index (χ1n) is 4.64. The maximum atomic E-state index is 11.9.